The molecule has 134 valence electrons. The zero-order valence-corrected chi connectivity index (χ0v) is 15.0. The van der Waals surface area contributed by atoms with Crippen molar-refractivity contribution in [2.24, 2.45) is 18.9 Å². The Balaban J connectivity index is 1.40. The lowest BCUT2D eigenvalue weighted by atomic mass is 9.77. The summed E-state index contributed by atoms with van der Waals surface area (Å²) in [5, 5.41) is 7.88. The van der Waals surface area contributed by atoms with Gasteiger partial charge < -0.3 is 10.1 Å². The summed E-state index contributed by atoms with van der Waals surface area (Å²) in [6.45, 7) is 3.32. The van der Waals surface area contributed by atoms with Crippen LogP contribution in [0.1, 0.15) is 18.4 Å². The minimum atomic E-state index is 0.251. The second-order valence-corrected chi connectivity index (χ2v) is 7.45. The minimum Gasteiger partial charge on any atom is -0.379 e. The van der Waals surface area contributed by atoms with Crippen LogP contribution in [0.2, 0.25) is 0 Å². The number of likely N-dealkylation sites (tertiary alicyclic amines) is 1. The van der Waals surface area contributed by atoms with Gasteiger partial charge in [0.1, 0.15) is 5.82 Å². The normalized spacial score (nSPS) is 29.5. The molecular formula is C19H27N5O. The maximum absolute atomic E-state index is 5.82. The van der Waals surface area contributed by atoms with Crippen LogP contribution in [0.4, 0.5) is 5.82 Å². The van der Waals surface area contributed by atoms with Gasteiger partial charge in [0, 0.05) is 51.7 Å². The molecule has 1 saturated carbocycles. The van der Waals surface area contributed by atoms with Crippen molar-refractivity contribution >= 4 is 5.82 Å². The van der Waals surface area contributed by atoms with Crippen molar-refractivity contribution in [3.8, 4) is 0 Å². The second kappa shape index (κ2) is 7.14. The number of anilines is 1. The van der Waals surface area contributed by atoms with Crippen LogP contribution in [-0.2, 0) is 18.3 Å². The maximum atomic E-state index is 5.82. The number of ether oxygens (including phenoxy) is 1. The van der Waals surface area contributed by atoms with Crippen LogP contribution in [0.5, 0.6) is 0 Å². The van der Waals surface area contributed by atoms with Crippen molar-refractivity contribution < 1.29 is 4.74 Å². The van der Waals surface area contributed by atoms with Gasteiger partial charge in [0.25, 0.3) is 0 Å². The standard InChI is InChI=1S/C19H27N5O/c1-23-10-14(9-21-23)11-24-12-15-7-17(18(25-2)8-16(15)13-24)22-19-5-3-4-6-20-19/h3-6,9-10,15-18H,7-8,11-13H2,1-2H3,(H,20,22)/t15-,16+,17-,18-/m1/s1. The quantitative estimate of drug-likeness (QED) is 0.903. The molecule has 1 saturated heterocycles. The minimum absolute atomic E-state index is 0.251. The first-order chi connectivity index (χ1) is 12.2. The number of nitrogens with zero attached hydrogens (tertiary/aromatic N) is 4. The Labute approximate surface area is 149 Å². The van der Waals surface area contributed by atoms with Crippen molar-refractivity contribution in [2.45, 2.75) is 31.5 Å². The predicted molar refractivity (Wildman–Crippen MR) is 97.1 cm³/mol. The largest absolute Gasteiger partial charge is 0.379 e. The third-order valence-electron chi connectivity index (χ3n) is 5.66. The van der Waals surface area contributed by atoms with Crippen LogP contribution in [-0.4, -0.2) is 52.0 Å². The molecule has 6 heteroatoms. The molecule has 0 bridgehead atoms. The Bertz CT molecular complexity index is 688. The fourth-order valence-corrected chi connectivity index (χ4v) is 4.50. The van der Waals surface area contributed by atoms with Crippen molar-refractivity contribution in [3.05, 3.63) is 42.4 Å². The summed E-state index contributed by atoms with van der Waals surface area (Å²) in [7, 11) is 3.81. The molecule has 1 aliphatic carbocycles. The van der Waals surface area contributed by atoms with E-state index in [1.54, 1.807) is 0 Å². The molecule has 6 nitrogen and oxygen atoms in total. The van der Waals surface area contributed by atoms with Gasteiger partial charge in [-0.1, -0.05) is 6.07 Å². The molecular weight excluding hydrogens is 314 g/mol. The summed E-state index contributed by atoms with van der Waals surface area (Å²) in [6.07, 6.45) is 8.44. The van der Waals surface area contributed by atoms with Crippen molar-refractivity contribution in [3.63, 3.8) is 0 Å². The molecule has 0 spiro atoms. The Morgan fingerprint density at radius 1 is 1.24 bits per heavy atom. The zero-order chi connectivity index (χ0) is 17.2. The summed E-state index contributed by atoms with van der Waals surface area (Å²) in [5.74, 6) is 2.39. The lowest BCUT2D eigenvalue weighted by molar-refractivity contribution is 0.0304. The number of hydrogen-bond acceptors (Lipinski definition) is 5. The average molecular weight is 341 g/mol. The van der Waals surface area contributed by atoms with E-state index >= 15 is 0 Å². The van der Waals surface area contributed by atoms with Gasteiger partial charge in [-0.2, -0.15) is 5.10 Å². The number of pyridine rings is 1. The van der Waals surface area contributed by atoms with E-state index < -0.39 is 0 Å². The highest BCUT2D eigenvalue weighted by Crippen LogP contribution is 2.38. The van der Waals surface area contributed by atoms with Gasteiger partial charge >= 0.3 is 0 Å². The maximum Gasteiger partial charge on any atom is 0.126 e. The van der Waals surface area contributed by atoms with E-state index in [1.165, 1.54) is 5.56 Å². The highest BCUT2D eigenvalue weighted by Gasteiger charge is 2.42. The highest BCUT2D eigenvalue weighted by molar-refractivity contribution is 5.35. The number of nitrogens with one attached hydrogen (secondary N) is 1. The SMILES string of the molecule is CO[C@@H]1C[C@H]2CN(Cc3cnn(C)c3)C[C@H]2C[C@H]1Nc1ccccn1. The van der Waals surface area contributed by atoms with Crippen LogP contribution in [0.15, 0.2) is 36.8 Å². The van der Waals surface area contributed by atoms with Crippen molar-refractivity contribution in [1.29, 1.82) is 0 Å². The summed E-state index contributed by atoms with van der Waals surface area (Å²) in [4.78, 5) is 6.99. The van der Waals surface area contributed by atoms with E-state index in [4.69, 9.17) is 4.74 Å². The number of aryl methyl sites for hydroxylation is 1. The van der Waals surface area contributed by atoms with Crippen LogP contribution in [0, 0.1) is 11.8 Å². The van der Waals surface area contributed by atoms with Crippen LogP contribution >= 0.6 is 0 Å². The molecule has 0 aromatic carbocycles. The number of rotatable bonds is 5. The Kier molecular flexibility index (Phi) is 4.72. The van der Waals surface area contributed by atoms with E-state index in [0.717, 1.165) is 50.1 Å². The third kappa shape index (κ3) is 3.70. The fourth-order valence-electron chi connectivity index (χ4n) is 4.50. The Hall–Kier alpha value is -1.92. The van der Waals surface area contributed by atoms with E-state index in [2.05, 4.69) is 26.5 Å². The molecule has 1 N–H and O–H groups in total. The Morgan fingerprint density at radius 2 is 2.08 bits per heavy atom. The summed E-state index contributed by atoms with van der Waals surface area (Å²) in [6, 6.07) is 6.33. The van der Waals surface area contributed by atoms with Gasteiger partial charge in [-0.15, -0.1) is 0 Å². The molecule has 1 aliphatic heterocycles. The van der Waals surface area contributed by atoms with E-state index in [1.807, 2.05) is 49.4 Å². The fraction of sp³-hybridized carbons (Fsp3) is 0.579. The molecule has 25 heavy (non-hydrogen) atoms. The van der Waals surface area contributed by atoms with E-state index in [9.17, 15) is 0 Å². The molecule has 0 unspecified atom stereocenters. The number of aromatic nitrogens is 3. The second-order valence-electron chi connectivity index (χ2n) is 7.45. The topological polar surface area (TPSA) is 55.2 Å². The van der Waals surface area contributed by atoms with Gasteiger partial charge in [-0.05, 0) is 36.8 Å². The van der Waals surface area contributed by atoms with E-state index in [0.29, 0.717) is 6.04 Å². The van der Waals surface area contributed by atoms with Gasteiger partial charge in [-0.3, -0.25) is 9.58 Å². The summed E-state index contributed by atoms with van der Waals surface area (Å²) >= 11 is 0. The molecule has 0 radical (unpaired) electrons. The van der Waals surface area contributed by atoms with Crippen LogP contribution in [0.25, 0.3) is 0 Å². The lowest BCUT2D eigenvalue weighted by Gasteiger charge is -2.37. The first kappa shape index (κ1) is 16.5. The molecule has 3 heterocycles. The molecule has 4 atom stereocenters. The highest BCUT2D eigenvalue weighted by atomic mass is 16.5. The molecule has 2 fully saturated rings. The van der Waals surface area contributed by atoms with Gasteiger partial charge in [0.2, 0.25) is 0 Å². The Morgan fingerprint density at radius 3 is 2.76 bits per heavy atom. The smallest absolute Gasteiger partial charge is 0.126 e. The first-order valence-corrected chi connectivity index (χ1v) is 9.11. The van der Waals surface area contributed by atoms with Crippen molar-refractivity contribution in [2.75, 3.05) is 25.5 Å². The van der Waals surface area contributed by atoms with E-state index in [-0.39, 0.29) is 6.10 Å². The number of fused-ring (bicyclic) bond motifs is 1. The van der Waals surface area contributed by atoms with Gasteiger partial charge in [-0.25, -0.2) is 4.98 Å². The zero-order valence-electron chi connectivity index (χ0n) is 15.0. The van der Waals surface area contributed by atoms with Gasteiger partial charge in [0.05, 0.1) is 18.3 Å². The molecule has 2 aliphatic rings. The van der Waals surface area contributed by atoms with Crippen LogP contribution in [0.3, 0.4) is 0 Å². The number of methoxy groups -OCH3 is 1. The first-order valence-electron chi connectivity index (χ1n) is 9.11. The van der Waals surface area contributed by atoms with Crippen molar-refractivity contribution in [1.82, 2.24) is 19.7 Å². The van der Waals surface area contributed by atoms with Crippen LogP contribution < -0.4 is 5.32 Å². The monoisotopic (exact) mass is 341 g/mol. The summed E-state index contributed by atoms with van der Waals surface area (Å²) < 4.78 is 7.70. The third-order valence-corrected chi connectivity index (χ3v) is 5.66. The molecule has 4 rings (SSSR count). The molecule has 2 aromatic rings. The molecule has 0 amide bonds. The van der Waals surface area contributed by atoms with Gasteiger partial charge in [0.15, 0.2) is 0 Å². The predicted octanol–water partition coefficient (Wildman–Crippen LogP) is 2.15. The average Bonchev–Trinajstić information content (AvgIpc) is 3.20. The molecule has 2 aromatic heterocycles. The lowest BCUT2D eigenvalue weighted by Crippen LogP contribution is -2.44. The number of hydrogen-bond donors (Lipinski definition) is 1. The summed E-state index contributed by atoms with van der Waals surface area (Å²) in [5.41, 5.74) is 1.30.